The molecule has 1 amide bonds. The lowest BCUT2D eigenvalue weighted by molar-refractivity contribution is -0.486. The summed E-state index contributed by atoms with van der Waals surface area (Å²) in [6.45, 7) is 2.57. The van der Waals surface area contributed by atoms with Gasteiger partial charge in [0.05, 0.1) is 12.8 Å². The normalized spacial score (nSPS) is 18.8. The van der Waals surface area contributed by atoms with Crippen molar-refractivity contribution in [3.8, 4) is 0 Å². The third-order valence-corrected chi connectivity index (χ3v) is 7.57. The number of amides is 1. The lowest BCUT2D eigenvalue weighted by Crippen LogP contribution is -2.37. The number of furan rings is 1. The Morgan fingerprint density at radius 2 is 1.92 bits per heavy atom. The molecule has 6 rings (SSSR count). The molecule has 8 heteroatoms. The van der Waals surface area contributed by atoms with Gasteiger partial charge < -0.3 is 9.32 Å². The van der Waals surface area contributed by atoms with Crippen molar-refractivity contribution in [1.29, 1.82) is 0 Å². The van der Waals surface area contributed by atoms with Gasteiger partial charge in [-0.2, -0.15) is 0 Å². The number of guanidine groups is 1. The minimum Gasteiger partial charge on any atom is -0.467 e. The molecule has 1 aliphatic carbocycles. The Morgan fingerprint density at radius 1 is 1.08 bits per heavy atom. The van der Waals surface area contributed by atoms with E-state index in [4.69, 9.17) is 4.42 Å². The van der Waals surface area contributed by atoms with Gasteiger partial charge in [0.15, 0.2) is 5.03 Å². The van der Waals surface area contributed by atoms with Crippen LogP contribution >= 0.6 is 0 Å². The molecule has 0 spiro atoms. The number of nitro groups is 1. The van der Waals surface area contributed by atoms with Crippen molar-refractivity contribution in [3.63, 3.8) is 0 Å². The Balaban J connectivity index is 1.31. The van der Waals surface area contributed by atoms with E-state index in [1.54, 1.807) is 11.2 Å². The van der Waals surface area contributed by atoms with Gasteiger partial charge in [0.1, 0.15) is 10.9 Å². The number of carbonyl (C=O) groups excluding carboxylic acids is 1. The molecule has 0 radical (unpaired) electrons. The lowest BCUT2D eigenvalue weighted by atomic mass is 9.78. The monoisotopic (exact) mass is 482 g/mol. The van der Waals surface area contributed by atoms with E-state index in [1.807, 2.05) is 6.07 Å². The van der Waals surface area contributed by atoms with Gasteiger partial charge in [-0.25, -0.2) is 10.1 Å². The summed E-state index contributed by atoms with van der Waals surface area (Å²) in [6, 6.07) is 19.5. The SMILES string of the molecule is CC(=O)N1CCN(Cc2occc2C2CCc3ccc4c(ccc5ccccc54)c3C2)C1=N[N+](=O)[O-]. The van der Waals surface area contributed by atoms with Crippen molar-refractivity contribution in [1.82, 2.24) is 9.80 Å². The van der Waals surface area contributed by atoms with Crippen molar-refractivity contribution in [2.75, 3.05) is 13.1 Å². The number of hydrazone groups is 1. The molecule has 0 saturated carbocycles. The molecule has 36 heavy (non-hydrogen) atoms. The summed E-state index contributed by atoms with van der Waals surface area (Å²) in [5.41, 5.74) is 3.91. The van der Waals surface area contributed by atoms with Crippen molar-refractivity contribution in [2.24, 2.45) is 5.10 Å². The summed E-state index contributed by atoms with van der Waals surface area (Å²) in [5, 5.41) is 19.0. The van der Waals surface area contributed by atoms with Gasteiger partial charge in [-0.15, -0.1) is 0 Å². The molecular weight excluding hydrogens is 456 g/mol. The first-order valence-electron chi connectivity index (χ1n) is 12.2. The van der Waals surface area contributed by atoms with Crippen molar-refractivity contribution >= 4 is 33.4 Å². The first-order valence-corrected chi connectivity index (χ1v) is 12.2. The Hall–Kier alpha value is -4.20. The molecule has 1 atom stereocenters. The molecule has 0 bridgehead atoms. The molecule has 1 saturated heterocycles. The largest absolute Gasteiger partial charge is 0.467 e. The molecule has 182 valence electrons. The van der Waals surface area contributed by atoms with Gasteiger partial charge >= 0.3 is 0 Å². The third-order valence-electron chi connectivity index (χ3n) is 7.57. The summed E-state index contributed by atoms with van der Waals surface area (Å²) >= 11 is 0. The average molecular weight is 483 g/mol. The van der Waals surface area contributed by atoms with Gasteiger partial charge in [-0.3, -0.25) is 9.69 Å². The van der Waals surface area contributed by atoms with Crippen LogP contribution in [0.4, 0.5) is 0 Å². The highest BCUT2D eigenvalue weighted by Gasteiger charge is 2.34. The zero-order chi connectivity index (χ0) is 24.8. The Labute approximate surface area is 207 Å². The second-order valence-corrected chi connectivity index (χ2v) is 9.55. The van der Waals surface area contributed by atoms with Crippen molar-refractivity contribution in [2.45, 2.75) is 38.6 Å². The van der Waals surface area contributed by atoms with E-state index < -0.39 is 5.03 Å². The molecule has 1 aliphatic heterocycles. The first-order chi connectivity index (χ1) is 17.5. The zero-order valence-corrected chi connectivity index (χ0v) is 20.0. The molecular formula is C28H26N4O4. The van der Waals surface area contributed by atoms with E-state index in [1.165, 1.54) is 44.5 Å². The van der Waals surface area contributed by atoms with Gasteiger partial charge in [-0.05, 0) is 69.5 Å². The summed E-state index contributed by atoms with van der Waals surface area (Å²) in [5.74, 6) is 0.865. The Bertz CT molecular complexity index is 1540. The molecule has 4 aromatic rings. The van der Waals surface area contributed by atoms with E-state index in [0.717, 1.165) is 30.6 Å². The van der Waals surface area contributed by atoms with Crippen LogP contribution in [-0.2, 0) is 24.2 Å². The second-order valence-electron chi connectivity index (χ2n) is 9.55. The van der Waals surface area contributed by atoms with Crippen LogP contribution in [-0.4, -0.2) is 39.8 Å². The highest BCUT2D eigenvalue weighted by Crippen LogP contribution is 2.39. The minimum atomic E-state index is -0.750. The molecule has 8 nitrogen and oxygen atoms in total. The number of carbonyl (C=O) groups is 1. The van der Waals surface area contributed by atoms with Crippen LogP contribution in [0, 0.1) is 10.1 Å². The molecule has 2 heterocycles. The number of hydrogen-bond donors (Lipinski definition) is 0. The van der Waals surface area contributed by atoms with E-state index >= 15 is 0 Å². The van der Waals surface area contributed by atoms with E-state index in [-0.39, 0.29) is 17.8 Å². The molecule has 3 aromatic carbocycles. The molecule has 0 N–H and O–H groups in total. The molecule has 1 fully saturated rings. The van der Waals surface area contributed by atoms with E-state index in [2.05, 4.69) is 53.6 Å². The number of fused-ring (bicyclic) bond motifs is 5. The zero-order valence-electron chi connectivity index (χ0n) is 20.0. The smallest absolute Gasteiger partial charge is 0.281 e. The number of rotatable bonds is 4. The van der Waals surface area contributed by atoms with Crippen LogP contribution in [0.2, 0.25) is 0 Å². The lowest BCUT2D eigenvalue weighted by Gasteiger charge is -2.27. The van der Waals surface area contributed by atoms with E-state index in [9.17, 15) is 14.9 Å². The van der Waals surface area contributed by atoms with Crippen LogP contribution < -0.4 is 0 Å². The van der Waals surface area contributed by atoms with Gasteiger partial charge in [-0.1, -0.05) is 48.5 Å². The van der Waals surface area contributed by atoms with Gasteiger partial charge in [0.25, 0.3) is 5.96 Å². The summed E-state index contributed by atoms with van der Waals surface area (Å²) in [6.07, 6.45) is 4.60. The molecule has 1 aromatic heterocycles. The van der Waals surface area contributed by atoms with Crippen LogP contribution in [0.15, 0.2) is 70.4 Å². The van der Waals surface area contributed by atoms with Crippen LogP contribution in [0.1, 0.15) is 41.7 Å². The number of nitrogens with zero attached hydrogens (tertiary/aromatic N) is 4. The number of hydrogen-bond acceptors (Lipinski definition) is 4. The fourth-order valence-electron chi connectivity index (χ4n) is 5.86. The average Bonchev–Trinajstić information content (AvgIpc) is 3.50. The second kappa shape index (κ2) is 8.78. The fourth-order valence-corrected chi connectivity index (χ4v) is 5.86. The first kappa shape index (κ1) is 22.3. The fraction of sp³-hybridized carbons (Fsp3) is 0.286. The maximum atomic E-state index is 12.0. The topological polar surface area (TPSA) is 92.2 Å². The molecule has 2 aliphatic rings. The maximum absolute atomic E-state index is 12.0. The Kier molecular flexibility index (Phi) is 5.44. The standard InChI is InChI=1S/C28H26N4O4/c1-18(33)31-14-13-30(28(31)29-32(34)35)17-27-23(12-15-36-27)21-7-6-20-9-10-24-22-5-3-2-4-19(22)8-11-25(24)26(20)16-21/h2-5,8-12,15,21H,6-7,13-14,16-17H2,1H3. The number of benzene rings is 3. The van der Waals surface area contributed by atoms with Gasteiger partial charge in [0.2, 0.25) is 5.91 Å². The van der Waals surface area contributed by atoms with Crippen LogP contribution in [0.5, 0.6) is 0 Å². The summed E-state index contributed by atoms with van der Waals surface area (Å²) in [7, 11) is 0. The highest BCUT2D eigenvalue weighted by atomic mass is 16.7. The predicted molar refractivity (Wildman–Crippen MR) is 137 cm³/mol. The van der Waals surface area contributed by atoms with Crippen molar-refractivity contribution in [3.05, 3.63) is 93.4 Å². The van der Waals surface area contributed by atoms with Crippen LogP contribution in [0.25, 0.3) is 21.5 Å². The molecule has 1 unspecified atom stereocenters. The predicted octanol–water partition coefficient (Wildman–Crippen LogP) is 5.07. The minimum absolute atomic E-state index is 0.0710. The van der Waals surface area contributed by atoms with Crippen LogP contribution in [0.3, 0.4) is 0 Å². The van der Waals surface area contributed by atoms with Crippen molar-refractivity contribution < 1.29 is 14.2 Å². The number of aryl methyl sites for hydroxylation is 1. The maximum Gasteiger partial charge on any atom is 0.281 e. The highest BCUT2D eigenvalue weighted by molar-refractivity contribution is 6.08. The third kappa shape index (κ3) is 3.79. The van der Waals surface area contributed by atoms with Gasteiger partial charge in [0, 0.05) is 20.0 Å². The summed E-state index contributed by atoms with van der Waals surface area (Å²) in [4.78, 5) is 26.2. The Morgan fingerprint density at radius 3 is 2.75 bits per heavy atom. The van der Waals surface area contributed by atoms with E-state index in [0.29, 0.717) is 19.6 Å². The summed E-state index contributed by atoms with van der Waals surface area (Å²) < 4.78 is 5.89. The quantitative estimate of drug-likeness (QED) is 0.230.